The first-order chi connectivity index (χ1) is 17.6. The van der Waals surface area contributed by atoms with Gasteiger partial charge >= 0.3 is 6.18 Å². The number of nitrogens with one attached hydrogen (secondary N) is 1. The van der Waals surface area contributed by atoms with Gasteiger partial charge in [-0.25, -0.2) is 0 Å². The van der Waals surface area contributed by atoms with Gasteiger partial charge in [-0.1, -0.05) is 26.0 Å². The summed E-state index contributed by atoms with van der Waals surface area (Å²) < 4.78 is 52.1. The van der Waals surface area contributed by atoms with Gasteiger partial charge in [-0.15, -0.1) is 0 Å². The Kier molecular flexibility index (Phi) is 8.08. The Morgan fingerprint density at radius 2 is 1.97 bits per heavy atom. The van der Waals surface area contributed by atoms with Crippen molar-refractivity contribution in [2.75, 3.05) is 45.3 Å². The van der Waals surface area contributed by atoms with Crippen LogP contribution in [0.4, 0.5) is 18.9 Å². The van der Waals surface area contributed by atoms with Crippen molar-refractivity contribution >= 4 is 17.2 Å². The first kappa shape index (κ1) is 26.9. The molecule has 1 aromatic carbocycles. The summed E-state index contributed by atoms with van der Waals surface area (Å²) in [6, 6.07) is 6.39. The number of nitrogens with zero attached hydrogens (tertiary/aromatic N) is 2. The van der Waals surface area contributed by atoms with E-state index in [9.17, 15) is 23.1 Å². The van der Waals surface area contributed by atoms with Crippen LogP contribution in [0.5, 0.6) is 5.75 Å². The van der Waals surface area contributed by atoms with Gasteiger partial charge in [0.2, 0.25) is 0 Å². The molecule has 2 aromatic rings. The highest BCUT2D eigenvalue weighted by atomic mass is 19.4. The predicted octanol–water partition coefficient (Wildman–Crippen LogP) is 4.08. The molecule has 1 aliphatic heterocycles. The number of aromatic nitrogens is 1. The van der Waals surface area contributed by atoms with E-state index >= 15 is 0 Å². The van der Waals surface area contributed by atoms with E-state index in [0.717, 1.165) is 11.6 Å². The van der Waals surface area contributed by atoms with Gasteiger partial charge in [0.25, 0.3) is 5.91 Å². The molecule has 1 fully saturated rings. The van der Waals surface area contributed by atoms with Gasteiger partial charge in [0, 0.05) is 54.0 Å². The lowest BCUT2D eigenvalue weighted by Gasteiger charge is -2.27. The second-order valence-corrected chi connectivity index (χ2v) is 9.59. The summed E-state index contributed by atoms with van der Waals surface area (Å²) in [7, 11) is 1.51. The van der Waals surface area contributed by atoms with Crippen molar-refractivity contribution in [1.82, 2.24) is 9.88 Å². The molecular weight excluding hydrogens is 487 g/mol. The lowest BCUT2D eigenvalue weighted by atomic mass is 9.99. The Morgan fingerprint density at radius 1 is 1.24 bits per heavy atom. The van der Waals surface area contributed by atoms with E-state index in [0.29, 0.717) is 61.1 Å². The van der Waals surface area contributed by atoms with Gasteiger partial charge in [0.05, 0.1) is 44.2 Å². The molecule has 200 valence electrons. The van der Waals surface area contributed by atoms with E-state index in [4.69, 9.17) is 9.47 Å². The number of anilines is 1. The van der Waals surface area contributed by atoms with Gasteiger partial charge in [-0.05, 0) is 24.1 Å². The molecule has 37 heavy (non-hydrogen) atoms. The van der Waals surface area contributed by atoms with Crippen molar-refractivity contribution in [2.45, 2.75) is 38.9 Å². The monoisotopic (exact) mass is 519 g/mol. The summed E-state index contributed by atoms with van der Waals surface area (Å²) in [5.41, 5.74) is 1.76. The zero-order valence-electron chi connectivity index (χ0n) is 21.2. The number of amides is 1. The number of halogens is 3. The fourth-order valence-corrected chi connectivity index (χ4v) is 4.66. The van der Waals surface area contributed by atoms with Crippen LogP contribution in [-0.2, 0) is 17.6 Å². The Hall–Kier alpha value is -3.11. The van der Waals surface area contributed by atoms with Gasteiger partial charge in [-0.2, -0.15) is 13.2 Å². The highest BCUT2D eigenvalue weighted by Crippen LogP contribution is 2.43. The predicted molar refractivity (Wildman–Crippen MR) is 134 cm³/mol. The molecule has 0 bridgehead atoms. The summed E-state index contributed by atoms with van der Waals surface area (Å²) in [6.45, 7) is 5.61. The number of alkyl halides is 3. The molecule has 0 saturated carbocycles. The molecule has 1 atom stereocenters. The number of hydrogen-bond acceptors (Lipinski definition) is 6. The van der Waals surface area contributed by atoms with Crippen LogP contribution in [0.2, 0.25) is 0 Å². The summed E-state index contributed by atoms with van der Waals surface area (Å²) in [6.07, 6.45) is -2.99. The third-order valence-corrected chi connectivity index (χ3v) is 6.77. The number of pyridine rings is 1. The Labute approximate surface area is 214 Å². The number of ether oxygens (including phenoxy) is 2. The maximum absolute atomic E-state index is 13.8. The second kappa shape index (κ2) is 11.1. The largest absolute Gasteiger partial charge is 0.496 e. The number of aliphatic hydroxyl groups excluding tert-OH is 1. The number of aliphatic hydroxyl groups is 1. The van der Waals surface area contributed by atoms with Crippen LogP contribution in [-0.4, -0.2) is 73.1 Å². The quantitative estimate of drug-likeness (QED) is 0.547. The molecule has 1 amide bonds. The van der Waals surface area contributed by atoms with Crippen molar-refractivity contribution in [3.05, 3.63) is 58.4 Å². The first-order valence-corrected chi connectivity index (χ1v) is 12.3. The van der Waals surface area contributed by atoms with Crippen LogP contribution in [0.25, 0.3) is 5.57 Å². The molecule has 0 radical (unpaired) electrons. The normalized spacial score (nSPS) is 16.4. The molecule has 2 heterocycles. The molecule has 1 aliphatic carbocycles. The molecule has 10 heteroatoms. The first-order valence-electron chi connectivity index (χ1n) is 12.3. The van der Waals surface area contributed by atoms with E-state index in [2.05, 4.69) is 10.3 Å². The van der Waals surface area contributed by atoms with Crippen LogP contribution >= 0.6 is 0 Å². The standard InChI is InChI=1S/C27H32F3N3O4/c1-16(2)23(15-34)32-22-14-19(31-21-7-6-20(25(21)22)27(28,29)30)12-17-4-5-18(13-24(17)36-3)26(35)33-8-10-37-11-9-33/h4-6,13-14,16,23,34H,7-12,15H2,1-3H3,(H,31,32)/t23-/m0/s1. The molecule has 7 nitrogen and oxygen atoms in total. The van der Waals surface area contributed by atoms with E-state index in [1.54, 1.807) is 29.2 Å². The number of methoxy groups -OCH3 is 1. The number of rotatable bonds is 8. The maximum atomic E-state index is 13.8. The topological polar surface area (TPSA) is 83.9 Å². The Morgan fingerprint density at radius 3 is 2.59 bits per heavy atom. The number of benzene rings is 1. The van der Waals surface area contributed by atoms with Gasteiger partial charge in [0.15, 0.2) is 0 Å². The highest BCUT2D eigenvalue weighted by Gasteiger charge is 2.40. The third-order valence-electron chi connectivity index (χ3n) is 6.77. The van der Waals surface area contributed by atoms with Gasteiger partial charge < -0.3 is 24.8 Å². The molecule has 1 saturated heterocycles. The van der Waals surface area contributed by atoms with Crippen LogP contribution in [0.3, 0.4) is 0 Å². The lowest BCUT2D eigenvalue weighted by Crippen LogP contribution is -2.40. The molecular formula is C27H32F3N3O4. The summed E-state index contributed by atoms with van der Waals surface area (Å²) in [5, 5.41) is 12.9. The minimum Gasteiger partial charge on any atom is -0.496 e. The van der Waals surface area contributed by atoms with E-state index in [1.807, 2.05) is 13.8 Å². The van der Waals surface area contributed by atoms with Crippen molar-refractivity contribution in [1.29, 1.82) is 0 Å². The second-order valence-electron chi connectivity index (χ2n) is 9.59. The zero-order chi connectivity index (χ0) is 26.7. The highest BCUT2D eigenvalue weighted by molar-refractivity contribution is 5.95. The molecule has 0 spiro atoms. The fourth-order valence-electron chi connectivity index (χ4n) is 4.66. The molecule has 4 rings (SSSR count). The Balaban J connectivity index is 1.66. The van der Waals surface area contributed by atoms with Crippen molar-refractivity contribution < 1.29 is 32.5 Å². The van der Waals surface area contributed by atoms with E-state index < -0.39 is 17.8 Å². The van der Waals surface area contributed by atoms with Crippen LogP contribution in [0.15, 0.2) is 30.3 Å². The summed E-state index contributed by atoms with van der Waals surface area (Å²) >= 11 is 0. The molecule has 1 aromatic heterocycles. The number of allylic oxidation sites excluding steroid dienone is 2. The lowest BCUT2D eigenvalue weighted by molar-refractivity contribution is -0.0687. The SMILES string of the molecule is COc1cc(C(=O)N2CCOCC2)ccc1Cc1cc(N[C@@H](CO)C(C)C)c2c(n1)CC=C2C(F)(F)F. The van der Waals surface area contributed by atoms with Gasteiger partial charge in [0.1, 0.15) is 5.75 Å². The number of hydrogen-bond donors (Lipinski definition) is 2. The fraction of sp³-hybridized carbons (Fsp3) is 0.481. The van der Waals surface area contributed by atoms with Gasteiger partial charge in [-0.3, -0.25) is 9.78 Å². The van der Waals surface area contributed by atoms with Crippen molar-refractivity contribution in [3.8, 4) is 5.75 Å². The molecule has 2 N–H and O–H groups in total. The van der Waals surface area contributed by atoms with Crippen molar-refractivity contribution in [3.63, 3.8) is 0 Å². The summed E-state index contributed by atoms with van der Waals surface area (Å²) in [4.78, 5) is 19.2. The zero-order valence-corrected chi connectivity index (χ0v) is 21.2. The summed E-state index contributed by atoms with van der Waals surface area (Å²) in [5.74, 6) is 0.388. The maximum Gasteiger partial charge on any atom is 0.416 e. The average Bonchev–Trinajstić information content (AvgIpc) is 3.32. The minimum atomic E-state index is -4.51. The van der Waals surface area contributed by atoms with E-state index in [-0.39, 0.29) is 30.4 Å². The Bertz CT molecular complexity index is 1170. The number of fused-ring (bicyclic) bond motifs is 1. The average molecular weight is 520 g/mol. The minimum absolute atomic E-state index is 0.00590. The van der Waals surface area contributed by atoms with Crippen molar-refractivity contribution in [2.24, 2.45) is 5.92 Å². The molecule has 2 aliphatic rings. The smallest absolute Gasteiger partial charge is 0.416 e. The number of carbonyl (C=O) groups is 1. The van der Waals surface area contributed by atoms with Crippen LogP contribution < -0.4 is 10.1 Å². The van der Waals surface area contributed by atoms with Crippen LogP contribution in [0, 0.1) is 5.92 Å². The third kappa shape index (κ3) is 5.91. The van der Waals surface area contributed by atoms with E-state index in [1.165, 1.54) is 7.11 Å². The number of carbonyl (C=O) groups excluding carboxylic acids is 1. The van der Waals surface area contributed by atoms with Crippen LogP contribution in [0.1, 0.15) is 46.7 Å². The number of morpholine rings is 1. The molecule has 0 unspecified atom stereocenters.